The van der Waals surface area contributed by atoms with Crippen molar-refractivity contribution >= 4 is 17.2 Å². The Hall–Kier alpha value is -0.830. The van der Waals surface area contributed by atoms with Crippen LogP contribution < -0.4 is 5.32 Å². The van der Waals surface area contributed by atoms with Crippen LogP contribution >= 0.6 is 11.3 Å². The van der Waals surface area contributed by atoms with E-state index < -0.39 is 0 Å². The van der Waals surface area contributed by atoms with Crippen LogP contribution in [-0.2, 0) is 12.8 Å². The third-order valence-electron chi connectivity index (χ3n) is 4.73. The molecular weight excluding hydrogens is 254 g/mol. The summed E-state index contributed by atoms with van der Waals surface area (Å²) in [6.45, 7) is 2.27. The van der Waals surface area contributed by atoms with E-state index >= 15 is 0 Å². The monoisotopic (exact) mass is 277 g/mol. The maximum absolute atomic E-state index is 12.3. The SMILES string of the molecule is CCC1CCC(NC(=O)c2cc3c(s2)CCC3)CC1. The molecule has 1 aromatic rings. The van der Waals surface area contributed by atoms with Gasteiger partial charge in [-0.25, -0.2) is 0 Å². The van der Waals surface area contributed by atoms with E-state index in [2.05, 4.69) is 18.3 Å². The number of carbonyl (C=O) groups is 1. The van der Waals surface area contributed by atoms with Crippen LogP contribution in [0.15, 0.2) is 6.07 Å². The minimum Gasteiger partial charge on any atom is -0.349 e. The number of amides is 1. The molecule has 3 heteroatoms. The summed E-state index contributed by atoms with van der Waals surface area (Å²) in [4.78, 5) is 14.6. The Morgan fingerprint density at radius 3 is 2.79 bits per heavy atom. The fraction of sp³-hybridized carbons (Fsp3) is 0.688. The number of hydrogen-bond acceptors (Lipinski definition) is 2. The Kier molecular flexibility index (Phi) is 3.92. The normalized spacial score (nSPS) is 26.2. The summed E-state index contributed by atoms with van der Waals surface area (Å²) in [5, 5.41) is 3.24. The van der Waals surface area contributed by atoms with Gasteiger partial charge in [0.25, 0.3) is 5.91 Å². The Labute approximate surface area is 119 Å². The van der Waals surface area contributed by atoms with Crippen LogP contribution in [0.3, 0.4) is 0 Å². The quantitative estimate of drug-likeness (QED) is 0.891. The summed E-state index contributed by atoms with van der Waals surface area (Å²) in [5.41, 5.74) is 1.42. The summed E-state index contributed by atoms with van der Waals surface area (Å²) in [5.74, 6) is 1.05. The second-order valence-electron chi connectivity index (χ2n) is 6.01. The van der Waals surface area contributed by atoms with Crippen LogP contribution in [-0.4, -0.2) is 11.9 Å². The van der Waals surface area contributed by atoms with Crippen LogP contribution in [0.1, 0.15) is 65.6 Å². The standard InChI is InChI=1S/C16H23NOS/c1-2-11-6-8-13(9-7-11)17-16(18)15-10-12-4-3-5-14(12)19-15/h10-11,13H,2-9H2,1H3,(H,17,18). The van der Waals surface area contributed by atoms with Gasteiger partial charge in [-0.3, -0.25) is 4.79 Å². The lowest BCUT2D eigenvalue weighted by molar-refractivity contribution is 0.0925. The molecule has 0 radical (unpaired) electrons. The molecule has 2 aliphatic carbocycles. The van der Waals surface area contributed by atoms with Crippen LogP contribution in [0, 0.1) is 5.92 Å². The van der Waals surface area contributed by atoms with Crippen molar-refractivity contribution in [3.05, 3.63) is 21.4 Å². The van der Waals surface area contributed by atoms with E-state index in [9.17, 15) is 4.79 Å². The molecule has 1 fully saturated rings. The highest BCUT2D eigenvalue weighted by Gasteiger charge is 2.23. The van der Waals surface area contributed by atoms with Gasteiger partial charge in [-0.1, -0.05) is 13.3 Å². The number of nitrogens with one attached hydrogen (secondary N) is 1. The highest BCUT2D eigenvalue weighted by Crippen LogP contribution is 2.31. The Bertz CT molecular complexity index is 436. The van der Waals surface area contributed by atoms with Crippen LogP contribution in [0.25, 0.3) is 0 Å². The first-order valence-electron chi connectivity index (χ1n) is 7.68. The molecule has 1 N–H and O–H groups in total. The van der Waals surface area contributed by atoms with Gasteiger partial charge in [-0.15, -0.1) is 11.3 Å². The summed E-state index contributed by atoms with van der Waals surface area (Å²) >= 11 is 1.71. The van der Waals surface area contributed by atoms with Gasteiger partial charge in [0.05, 0.1) is 4.88 Å². The van der Waals surface area contributed by atoms with Gasteiger partial charge in [-0.2, -0.15) is 0 Å². The third kappa shape index (κ3) is 2.86. The average Bonchev–Trinajstić information content (AvgIpc) is 3.00. The van der Waals surface area contributed by atoms with Crippen LogP contribution in [0.2, 0.25) is 0 Å². The Morgan fingerprint density at radius 1 is 1.32 bits per heavy atom. The van der Waals surface area contributed by atoms with Crippen molar-refractivity contribution in [3.8, 4) is 0 Å². The molecule has 0 spiro atoms. The largest absolute Gasteiger partial charge is 0.349 e. The molecule has 2 nitrogen and oxygen atoms in total. The lowest BCUT2D eigenvalue weighted by Gasteiger charge is -2.28. The second-order valence-corrected chi connectivity index (χ2v) is 7.15. The van der Waals surface area contributed by atoms with Crippen molar-refractivity contribution in [3.63, 3.8) is 0 Å². The fourth-order valence-electron chi connectivity index (χ4n) is 3.41. The first kappa shape index (κ1) is 13.2. The van der Waals surface area contributed by atoms with E-state index in [0.717, 1.165) is 23.6 Å². The van der Waals surface area contributed by atoms with Gasteiger partial charge in [-0.05, 0) is 62.5 Å². The summed E-state index contributed by atoms with van der Waals surface area (Å²) in [7, 11) is 0. The molecule has 0 aromatic carbocycles. The molecule has 1 heterocycles. The first-order chi connectivity index (χ1) is 9.26. The summed E-state index contributed by atoms with van der Waals surface area (Å²) in [6, 6.07) is 2.53. The molecule has 1 aromatic heterocycles. The van der Waals surface area contributed by atoms with Gasteiger partial charge >= 0.3 is 0 Å². The molecular formula is C16H23NOS. The number of hydrogen-bond donors (Lipinski definition) is 1. The van der Waals surface area contributed by atoms with Gasteiger partial charge in [0.15, 0.2) is 0 Å². The van der Waals surface area contributed by atoms with Crippen LogP contribution in [0.5, 0.6) is 0 Å². The molecule has 2 aliphatic rings. The van der Waals surface area contributed by atoms with E-state index in [1.165, 1.54) is 49.0 Å². The Morgan fingerprint density at radius 2 is 2.11 bits per heavy atom. The van der Waals surface area contributed by atoms with E-state index in [-0.39, 0.29) is 5.91 Å². The smallest absolute Gasteiger partial charge is 0.261 e. The van der Waals surface area contributed by atoms with E-state index in [1.807, 2.05) is 0 Å². The lowest BCUT2D eigenvalue weighted by atomic mass is 9.84. The van der Waals surface area contributed by atoms with Crippen LogP contribution in [0.4, 0.5) is 0 Å². The zero-order chi connectivity index (χ0) is 13.2. The number of rotatable bonds is 3. The molecule has 1 amide bonds. The minimum absolute atomic E-state index is 0.166. The molecule has 0 bridgehead atoms. The topological polar surface area (TPSA) is 29.1 Å². The predicted molar refractivity (Wildman–Crippen MR) is 79.8 cm³/mol. The first-order valence-corrected chi connectivity index (χ1v) is 8.50. The van der Waals surface area contributed by atoms with Gasteiger partial charge in [0, 0.05) is 10.9 Å². The highest BCUT2D eigenvalue weighted by molar-refractivity contribution is 7.14. The minimum atomic E-state index is 0.166. The van der Waals surface area contributed by atoms with Gasteiger partial charge in [0.1, 0.15) is 0 Å². The lowest BCUT2D eigenvalue weighted by Crippen LogP contribution is -2.37. The number of aryl methyl sites for hydroxylation is 2. The maximum atomic E-state index is 12.3. The van der Waals surface area contributed by atoms with Crippen molar-refractivity contribution in [2.75, 3.05) is 0 Å². The van der Waals surface area contributed by atoms with Crippen molar-refractivity contribution in [1.29, 1.82) is 0 Å². The molecule has 0 aliphatic heterocycles. The van der Waals surface area contributed by atoms with Crippen molar-refractivity contribution < 1.29 is 4.79 Å². The summed E-state index contributed by atoms with van der Waals surface area (Å²) in [6.07, 6.45) is 9.79. The third-order valence-corrected chi connectivity index (χ3v) is 5.97. The molecule has 0 unspecified atom stereocenters. The maximum Gasteiger partial charge on any atom is 0.261 e. The second kappa shape index (κ2) is 5.66. The molecule has 3 rings (SSSR count). The van der Waals surface area contributed by atoms with Crippen molar-refractivity contribution in [1.82, 2.24) is 5.32 Å². The van der Waals surface area contributed by atoms with E-state index in [4.69, 9.17) is 0 Å². The average molecular weight is 277 g/mol. The number of fused-ring (bicyclic) bond motifs is 1. The molecule has 104 valence electrons. The number of carbonyl (C=O) groups excluding carboxylic acids is 1. The Balaban J connectivity index is 1.56. The van der Waals surface area contributed by atoms with Crippen molar-refractivity contribution in [2.45, 2.75) is 64.3 Å². The highest BCUT2D eigenvalue weighted by atomic mass is 32.1. The van der Waals surface area contributed by atoms with Gasteiger partial charge in [0.2, 0.25) is 0 Å². The van der Waals surface area contributed by atoms with Crippen molar-refractivity contribution in [2.24, 2.45) is 5.92 Å². The molecule has 0 atom stereocenters. The van der Waals surface area contributed by atoms with Gasteiger partial charge < -0.3 is 5.32 Å². The summed E-state index contributed by atoms with van der Waals surface area (Å²) < 4.78 is 0. The van der Waals surface area contributed by atoms with E-state index in [0.29, 0.717) is 6.04 Å². The zero-order valence-electron chi connectivity index (χ0n) is 11.7. The predicted octanol–water partition coefficient (Wildman–Crippen LogP) is 3.94. The number of thiophene rings is 1. The molecule has 0 saturated heterocycles. The molecule has 19 heavy (non-hydrogen) atoms. The molecule has 1 saturated carbocycles. The zero-order valence-corrected chi connectivity index (χ0v) is 12.5. The van der Waals surface area contributed by atoms with E-state index in [1.54, 1.807) is 11.3 Å². The fourth-order valence-corrected chi connectivity index (χ4v) is 4.57.